The molecule has 2 aromatic rings. The molecule has 0 radical (unpaired) electrons. The molecule has 1 amide bonds. The van der Waals surface area contributed by atoms with E-state index in [1.54, 1.807) is 0 Å². The summed E-state index contributed by atoms with van der Waals surface area (Å²) in [7, 11) is 1.87. The Morgan fingerprint density at radius 1 is 1.32 bits per heavy atom. The van der Waals surface area contributed by atoms with Crippen molar-refractivity contribution in [3.63, 3.8) is 0 Å². The predicted molar refractivity (Wildman–Crippen MR) is 91.2 cm³/mol. The fourth-order valence-electron chi connectivity index (χ4n) is 1.64. The lowest BCUT2D eigenvalue weighted by atomic mass is 10.2. The largest absolute Gasteiger partial charge is 0.383 e. The van der Waals surface area contributed by atoms with Gasteiger partial charge >= 0.3 is 0 Å². The molecule has 0 bridgehead atoms. The fraction of sp³-hybridized carbons (Fsp3) is 0.438. The van der Waals surface area contributed by atoms with Gasteiger partial charge in [0.25, 0.3) is 0 Å². The van der Waals surface area contributed by atoms with Crippen molar-refractivity contribution in [1.82, 2.24) is 19.9 Å². The number of nitrogens with two attached hydrogens (primary N) is 1. The first-order valence-corrected chi connectivity index (χ1v) is 7.38. The number of nitrogens with zero attached hydrogens (tertiary/aromatic N) is 3. The van der Waals surface area contributed by atoms with Gasteiger partial charge in [-0.1, -0.05) is 39.5 Å². The van der Waals surface area contributed by atoms with E-state index in [4.69, 9.17) is 5.73 Å². The summed E-state index contributed by atoms with van der Waals surface area (Å²) in [6.45, 7) is 9.75. The minimum Gasteiger partial charge on any atom is -0.383 e. The maximum atomic E-state index is 10.7. The zero-order valence-corrected chi connectivity index (χ0v) is 14.2. The smallest absolute Gasteiger partial charge is 0.217 e. The van der Waals surface area contributed by atoms with Crippen LogP contribution in [0.4, 0.5) is 5.82 Å². The second kappa shape index (κ2) is 10.2. The quantitative estimate of drug-likeness (QED) is 0.790. The Labute approximate surface area is 132 Å². The summed E-state index contributed by atoms with van der Waals surface area (Å²) in [5.41, 5.74) is 7.32. The van der Waals surface area contributed by atoms with Crippen LogP contribution in [0.2, 0.25) is 0 Å². The number of amides is 1. The van der Waals surface area contributed by atoms with Crippen molar-refractivity contribution in [1.29, 1.82) is 0 Å². The summed E-state index contributed by atoms with van der Waals surface area (Å²) < 4.78 is 1.84. The van der Waals surface area contributed by atoms with Crippen molar-refractivity contribution in [3.8, 4) is 11.8 Å². The molecule has 120 valence electrons. The molecule has 0 spiro atoms. The van der Waals surface area contributed by atoms with Crippen LogP contribution >= 0.6 is 0 Å². The van der Waals surface area contributed by atoms with Gasteiger partial charge in [0, 0.05) is 20.2 Å². The molecule has 2 rings (SSSR count). The van der Waals surface area contributed by atoms with Crippen molar-refractivity contribution in [2.45, 2.75) is 34.6 Å². The van der Waals surface area contributed by atoms with Crippen LogP contribution in [0.1, 0.15) is 40.2 Å². The number of fused-ring (bicyclic) bond motifs is 1. The number of rotatable bonds is 1. The average molecular weight is 303 g/mol. The molecule has 0 aliphatic carbocycles. The first-order valence-electron chi connectivity index (χ1n) is 7.38. The van der Waals surface area contributed by atoms with E-state index < -0.39 is 0 Å². The number of nitrogens with one attached hydrogen (secondary N) is 1. The van der Waals surface area contributed by atoms with Gasteiger partial charge in [0.2, 0.25) is 5.91 Å². The van der Waals surface area contributed by atoms with E-state index in [0.717, 1.165) is 16.6 Å². The highest BCUT2D eigenvalue weighted by molar-refractivity contribution is 5.92. The summed E-state index contributed by atoms with van der Waals surface area (Å²) >= 11 is 0. The molecule has 0 fully saturated rings. The lowest BCUT2D eigenvalue weighted by Crippen LogP contribution is -2.19. The van der Waals surface area contributed by atoms with Crippen LogP contribution in [0, 0.1) is 11.8 Å². The highest BCUT2D eigenvalue weighted by atomic mass is 16.1. The summed E-state index contributed by atoms with van der Waals surface area (Å²) in [6, 6.07) is 0. The Bertz CT molecular complexity index is 664. The van der Waals surface area contributed by atoms with Crippen molar-refractivity contribution in [3.05, 3.63) is 18.1 Å². The highest BCUT2D eigenvalue weighted by Crippen LogP contribution is 2.21. The van der Waals surface area contributed by atoms with Crippen LogP contribution in [0.15, 0.2) is 12.5 Å². The number of aromatic nitrogens is 3. The van der Waals surface area contributed by atoms with E-state index in [-0.39, 0.29) is 5.91 Å². The maximum absolute atomic E-state index is 10.7. The van der Waals surface area contributed by atoms with Crippen LogP contribution in [0.3, 0.4) is 0 Å². The monoisotopic (exact) mass is 303 g/mol. The van der Waals surface area contributed by atoms with Gasteiger partial charge in [-0.3, -0.25) is 4.79 Å². The van der Waals surface area contributed by atoms with Gasteiger partial charge in [-0.05, 0) is 0 Å². The number of aryl methyl sites for hydroxylation is 1. The molecule has 0 saturated heterocycles. The van der Waals surface area contributed by atoms with Gasteiger partial charge < -0.3 is 15.6 Å². The van der Waals surface area contributed by atoms with Gasteiger partial charge in [0.1, 0.15) is 17.8 Å². The number of hydrogen-bond acceptors (Lipinski definition) is 4. The Kier molecular flexibility index (Phi) is 9.03. The normalized spacial score (nSPS) is 8.64. The van der Waals surface area contributed by atoms with Crippen molar-refractivity contribution < 1.29 is 4.79 Å². The van der Waals surface area contributed by atoms with E-state index in [1.165, 1.54) is 13.3 Å². The topological polar surface area (TPSA) is 85.8 Å². The molecule has 0 saturated carbocycles. The summed E-state index contributed by atoms with van der Waals surface area (Å²) in [6.07, 6.45) is 3.27. The van der Waals surface area contributed by atoms with Gasteiger partial charge in [-0.25, -0.2) is 9.97 Å². The van der Waals surface area contributed by atoms with Gasteiger partial charge in [0.05, 0.1) is 17.5 Å². The minimum absolute atomic E-state index is 0.106. The third-order valence-corrected chi connectivity index (χ3v) is 2.43. The van der Waals surface area contributed by atoms with Crippen molar-refractivity contribution in [2.24, 2.45) is 7.05 Å². The van der Waals surface area contributed by atoms with Crippen LogP contribution in [-0.4, -0.2) is 27.0 Å². The predicted octanol–water partition coefficient (Wildman–Crippen LogP) is 2.09. The molecule has 2 heterocycles. The van der Waals surface area contributed by atoms with Gasteiger partial charge in [-0.2, -0.15) is 0 Å². The standard InChI is InChI=1S/C12H13N5O.2C2H6/c1-8(18)14-5-3-4-9-6-17(2)12-10(9)11(13)15-7-16-12;2*1-2/h6-7H,5H2,1-2H3,(H,14,18)(H2,13,15,16);2*1-2H3. The Balaban J connectivity index is 0.00000102. The van der Waals surface area contributed by atoms with Crippen LogP contribution in [0.25, 0.3) is 11.0 Å². The van der Waals surface area contributed by atoms with Crippen LogP contribution in [0.5, 0.6) is 0 Å². The minimum atomic E-state index is -0.106. The number of carbonyl (C=O) groups excluding carboxylic acids is 1. The molecule has 6 heteroatoms. The third-order valence-electron chi connectivity index (χ3n) is 2.43. The molecule has 0 unspecified atom stereocenters. The molecule has 6 nitrogen and oxygen atoms in total. The summed E-state index contributed by atoms with van der Waals surface area (Å²) in [5.74, 6) is 6.12. The van der Waals surface area contributed by atoms with E-state index >= 15 is 0 Å². The summed E-state index contributed by atoms with van der Waals surface area (Å²) in [4.78, 5) is 18.8. The van der Waals surface area contributed by atoms with E-state index in [2.05, 4.69) is 27.1 Å². The second-order valence-electron chi connectivity index (χ2n) is 3.82. The maximum Gasteiger partial charge on any atom is 0.217 e. The van der Waals surface area contributed by atoms with Gasteiger partial charge in [-0.15, -0.1) is 0 Å². The Morgan fingerprint density at radius 2 is 1.95 bits per heavy atom. The molecule has 0 aliphatic rings. The highest BCUT2D eigenvalue weighted by Gasteiger charge is 2.09. The third kappa shape index (κ3) is 5.09. The molecule has 3 N–H and O–H groups in total. The van der Waals surface area contributed by atoms with Crippen molar-refractivity contribution in [2.75, 3.05) is 12.3 Å². The molecule has 0 atom stereocenters. The average Bonchev–Trinajstić information content (AvgIpc) is 2.85. The molecule has 0 aliphatic heterocycles. The first-order chi connectivity index (χ1) is 10.6. The molecular weight excluding hydrogens is 278 g/mol. The first kappa shape index (κ1) is 19.4. The Morgan fingerprint density at radius 3 is 2.55 bits per heavy atom. The zero-order valence-electron chi connectivity index (χ0n) is 14.2. The molecule has 22 heavy (non-hydrogen) atoms. The number of carbonyl (C=O) groups is 1. The van der Waals surface area contributed by atoms with Crippen molar-refractivity contribution >= 4 is 22.8 Å². The SMILES string of the molecule is CC.CC.CC(=O)NCC#Cc1cn(C)c2ncnc(N)c12. The fourth-order valence-corrected chi connectivity index (χ4v) is 1.64. The number of anilines is 1. The van der Waals surface area contributed by atoms with Crippen LogP contribution < -0.4 is 11.1 Å². The van der Waals surface area contributed by atoms with E-state index in [0.29, 0.717) is 12.4 Å². The second-order valence-corrected chi connectivity index (χ2v) is 3.82. The van der Waals surface area contributed by atoms with Gasteiger partial charge in [0.15, 0.2) is 0 Å². The number of nitrogen functional groups attached to an aromatic ring is 1. The molecular formula is C16H25N5O. The molecule has 0 aromatic carbocycles. The molecule has 2 aromatic heterocycles. The summed E-state index contributed by atoms with van der Waals surface area (Å²) in [5, 5.41) is 3.35. The van der Waals surface area contributed by atoms with E-state index in [9.17, 15) is 4.79 Å². The van der Waals surface area contributed by atoms with E-state index in [1.807, 2.05) is 45.5 Å². The lowest BCUT2D eigenvalue weighted by Gasteiger charge is -1.96. The van der Waals surface area contributed by atoms with Crippen LogP contribution in [-0.2, 0) is 11.8 Å². The number of hydrogen-bond donors (Lipinski definition) is 2. The Hall–Kier alpha value is -2.55. The lowest BCUT2D eigenvalue weighted by molar-refractivity contribution is -0.118. The zero-order chi connectivity index (χ0) is 17.1.